The predicted molar refractivity (Wildman–Crippen MR) is 50.9 cm³/mol. The second-order valence-corrected chi connectivity index (χ2v) is 5.84. The van der Waals surface area contributed by atoms with Gasteiger partial charge >= 0.3 is 8.89 Å². The highest BCUT2D eigenvalue weighted by molar-refractivity contribution is 6.59. The van der Waals surface area contributed by atoms with E-state index in [4.69, 9.17) is 18.3 Å². The first-order valence-electron chi connectivity index (χ1n) is 4.69. The Labute approximate surface area is 84.7 Å². The third-order valence-corrected chi connectivity index (χ3v) is 4.25. The third-order valence-electron chi connectivity index (χ3n) is 2.08. The molecule has 1 unspecified atom stereocenters. The third kappa shape index (κ3) is 4.47. The highest BCUT2D eigenvalue weighted by atomic mass is 28.4. The van der Waals surface area contributed by atoms with Crippen LogP contribution < -0.4 is 0 Å². The Hall–Kier alpha value is -0.0131. The van der Waals surface area contributed by atoms with Gasteiger partial charge in [0.2, 0.25) is 0 Å². The Morgan fingerprint density at radius 3 is 2.57 bits per heavy atom. The van der Waals surface area contributed by atoms with Gasteiger partial charge in [0.1, 0.15) is 6.10 Å². The molecule has 1 aliphatic rings. The molecule has 0 spiro atoms. The van der Waals surface area contributed by atoms with E-state index in [0.717, 1.165) is 6.61 Å². The Bertz CT molecular complexity index is 161. The Kier molecular flexibility index (Phi) is 4.97. The van der Waals surface area contributed by atoms with Crippen molar-refractivity contribution in [1.82, 2.24) is 0 Å². The molecule has 0 bridgehead atoms. The van der Waals surface area contributed by atoms with E-state index in [0.29, 0.717) is 25.7 Å². The summed E-state index contributed by atoms with van der Waals surface area (Å²) in [5.74, 6) is 0. The summed E-state index contributed by atoms with van der Waals surface area (Å²) >= 11 is 0. The van der Waals surface area contributed by atoms with Gasteiger partial charge in [-0.2, -0.15) is 0 Å². The minimum absolute atomic E-state index is 0.271. The Morgan fingerprint density at radius 2 is 2.07 bits per heavy atom. The largest absolute Gasteiger partial charge is 0.539 e. The van der Waals surface area contributed by atoms with Crippen molar-refractivity contribution in [2.75, 3.05) is 34.0 Å². The Balaban J connectivity index is 1.95. The highest BCUT2D eigenvalue weighted by Crippen LogP contribution is 2.16. The summed E-state index contributed by atoms with van der Waals surface area (Å²) in [5, 5.41) is 0. The van der Waals surface area contributed by atoms with Gasteiger partial charge in [0.05, 0.1) is 13.2 Å². The molecule has 1 rings (SSSR count). The first kappa shape index (κ1) is 12.1. The van der Waals surface area contributed by atoms with E-state index in [1.54, 1.807) is 0 Å². The van der Waals surface area contributed by atoms with E-state index in [1.807, 2.05) is 0 Å². The van der Waals surface area contributed by atoms with Gasteiger partial charge in [0.25, 0.3) is 0 Å². The summed E-state index contributed by atoms with van der Waals surface area (Å²) in [7, 11) is -0.686. The number of hydrogen-bond acceptors (Lipinski definition) is 4. The van der Waals surface area contributed by atoms with Gasteiger partial charge in [0, 0.05) is 26.9 Å². The van der Waals surface area contributed by atoms with Gasteiger partial charge in [-0.05, 0) is 6.42 Å². The summed E-state index contributed by atoms with van der Waals surface area (Å²) in [6.45, 7) is 1.93. The molecule has 0 aromatic rings. The zero-order valence-corrected chi connectivity index (χ0v) is 9.62. The number of ether oxygens (including phenoxy) is 2. The predicted octanol–water partition coefficient (Wildman–Crippen LogP) is 0.993. The molecule has 0 amide bonds. The van der Waals surface area contributed by atoms with Crippen LogP contribution in [0.25, 0.3) is 0 Å². The lowest BCUT2D eigenvalue weighted by molar-refractivity contribution is 0.112. The lowest BCUT2D eigenvalue weighted by Crippen LogP contribution is -2.34. The van der Waals surface area contributed by atoms with Crippen molar-refractivity contribution >= 4 is 8.89 Å². The van der Waals surface area contributed by atoms with Crippen LogP contribution in [0.4, 0.5) is 4.11 Å². The lowest BCUT2D eigenvalue weighted by atomic mass is 10.5. The maximum Gasteiger partial charge on any atom is 0.539 e. The van der Waals surface area contributed by atoms with Crippen molar-refractivity contribution in [2.24, 2.45) is 0 Å². The smallest absolute Gasteiger partial charge is 0.379 e. The molecule has 0 N–H and O–H groups in total. The van der Waals surface area contributed by atoms with E-state index in [2.05, 4.69) is 0 Å². The monoisotopic (exact) mass is 224 g/mol. The summed E-state index contributed by atoms with van der Waals surface area (Å²) in [4.78, 5) is 0. The summed E-state index contributed by atoms with van der Waals surface area (Å²) in [5.41, 5.74) is 0. The average molecular weight is 224 g/mol. The first-order valence-corrected chi connectivity index (χ1v) is 6.59. The van der Waals surface area contributed by atoms with Crippen molar-refractivity contribution in [1.29, 1.82) is 0 Å². The van der Waals surface area contributed by atoms with Crippen LogP contribution >= 0.6 is 0 Å². The highest BCUT2D eigenvalue weighted by Gasteiger charge is 2.36. The van der Waals surface area contributed by atoms with Crippen LogP contribution in [0.1, 0.15) is 6.42 Å². The standard InChI is InChI=1S/C8H17FO4Si/c1-10-14(9,11-2)5-3-4-12-6-8-7-13-8/h8H,3-7H2,1-2H3. The van der Waals surface area contributed by atoms with Gasteiger partial charge in [0.15, 0.2) is 0 Å². The van der Waals surface area contributed by atoms with E-state index in [1.165, 1.54) is 14.2 Å². The molecule has 0 aromatic carbocycles. The molecular formula is C8H17FO4Si. The maximum absolute atomic E-state index is 13.5. The summed E-state index contributed by atoms with van der Waals surface area (Å²) in [6, 6.07) is 0.311. The van der Waals surface area contributed by atoms with Gasteiger partial charge in [-0.15, -0.1) is 0 Å². The summed E-state index contributed by atoms with van der Waals surface area (Å²) in [6.07, 6.45) is 0.893. The average Bonchev–Trinajstić information content (AvgIpc) is 3.01. The van der Waals surface area contributed by atoms with Crippen LogP contribution in [0.15, 0.2) is 0 Å². The van der Waals surface area contributed by atoms with E-state index >= 15 is 0 Å². The molecular weight excluding hydrogens is 207 g/mol. The SMILES string of the molecule is CO[Si](F)(CCCOCC1CO1)OC. The van der Waals surface area contributed by atoms with Crippen molar-refractivity contribution in [3.05, 3.63) is 0 Å². The van der Waals surface area contributed by atoms with Crippen molar-refractivity contribution in [3.8, 4) is 0 Å². The van der Waals surface area contributed by atoms with E-state index in [-0.39, 0.29) is 6.10 Å². The molecule has 1 fully saturated rings. The molecule has 1 atom stereocenters. The molecule has 0 aromatic heterocycles. The van der Waals surface area contributed by atoms with Crippen LogP contribution in [-0.4, -0.2) is 49.0 Å². The molecule has 6 heteroatoms. The first-order chi connectivity index (χ1) is 6.70. The normalized spacial score (nSPS) is 21.2. The van der Waals surface area contributed by atoms with Crippen molar-refractivity contribution in [2.45, 2.75) is 18.6 Å². The molecule has 84 valence electrons. The Morgan fingerprint density at radius 1 is 1.43 bits per heavy atom. The quantitative estimate of drug-likeness (QED) is 0.267. The number of halogens is 1. The van der Waals surface area contributed by atoms with Crippen molar-refractivity contribution < 1.29 is 22.4 Å². The minimum Gasteiger partial charge on any atom is -0.379 e. The molecule has 1 saturated heterocycles. The van der Waals surface area contributed by atoms with Crippen LogP contribution in [-0.2, 0) is 18.3 Å². The van der Waals surface area contributed by atoms with Gasteiger partial charge in [-0.1, -0.05) is 0 Å². The van der Waals surface area contributed by atoms with Crippen molar-refractivity contribution in [3.63, 3.8) is 0 Å². The fraction of sp³-hybridized carbons (Fsp3) is 1.00. The van der Waals surface area contributed by atoms with E-state index in [9.17, 15) is 4.11 Å². The maximum atomic E-state index is 13.5. The number of epoxide rings is 1. The second kappa shape index (κ2) is 5.77. The van der Waals surface area contributed by atoms with Crippen LogP contribution in [0.5, 0.6) is 0 Å². The number of hydrogen-bond donors (Lipinski definition) is 0. The zero-order chi connectivity index (χ0) is 10.4. The molecule has 4 nitrogen and oxygen atoms in total. The number of rotatable bonds is 8. The fourth-order valence-corrected chi connectivity index (χ4v) is 2.19. The molecule has 0 radical (unpaired) electrons. The molecule has 0 saturated carbocycles. The molecule has 14 heavy (non-hydrogen) atoms. The summed E-state index contributed by atoms with van der Waals surface area (Å²) < 4.78 is 33.1. The van der Waals surface area contributed by atoms with Gasteiger partial charge < -0.3 is 18.3 Å². The van der Waals surface area contributed by atoms with Gasteiger partial charge in [-0.3, -0.25) is 0 Å². The fourth-order valence-electron chi connectivity index (χ4n) is 1.05. The minimum atomic E-state index is -3.37. The second-order valence-electron chi connectivity index (χ2n) is 3.20. The van der Waals surface area contributed by atoms with Crippen LogP contribution in [0, 0.1) is 0 Å². The lowest BCUT2D eigenvalue weighted by Gasteiger charge is -2.16. The van der Waals surface area contributed by atoms with E-state index < -0.39 is 8.89 Å². The zero-order valence-electron chi connectivity index (χ0n) is 8.62. The van der Waals surface area contributed by atoms with Crippen LogP contribution in [0.3, 0.4) is 0 Å². The van der Waals surface area contributed by atoms with Crippen LogP contribution in [0.2, 0.25) is 6.04 Å². The van der Waals surface area contributed by atoms with Gasteiger partial charge in [-0.25, -0.2) is 4.11 Å². The molecule has 0 aliphatic carbocycles. The molecule has 1 aliphatic heterocycles. The topological polar surface area (TPSA) is 40.2 Å². The molecule has 1 heterocycles.